The van der Waals surface area contributed by atoms with Crippen LogP contribution in [0.25, 0.3) is 5.70 Å². The van der Waals surface area contributed by atoms with Gasteiger partial charge in [0.2, 0.25) is 0 Å². The molecule has 29 heavy (non-hydrogen) atoms. The van der Waals surface area contributed by atoms with Crippen molar-refractivity contribution in [1.29, 1.82) is 0 Å². The van der Waals surface area contributed by atoms with Crippen molar-refractivity contribution < 1.29 is 0 Å². The van der Waals surface area contributed by atoms with Crippen molar-refractivity contribution in [2.45, 2.75) is 45.6 Å². The van der Waals surface area contributed by atoms with Gasteiger partial charge in [0.15, 0.2) is 0 Å². The number of hydrazine groups is 1. The van der Waals surface area contributed by atoms with Crippen LogP contribution in [-0.2, 0) is 0 Å². The minimum Gasteiger partial charge on any atom is -0.297 e. The summed E-state index contributed by atoms with van der Waals surface area (Å²) in [4.78, 5) is 0. The molecule has 1 heterocycles. The summed E-state index contributed by atoms with van der Waals surface area (Å²) in [6.45, 7) is 8.93. The fraction of sp³-hybridized carbons (Fsp3) is 0.259. The molecule has 1 N–H and O–H groups in total. The molecule has 148 valence electrons. The first-order valence-corrected chi connectivity index (χ1v) is 10.6. The first kappa shape index (κ1) is 19.3. The summed E-state index contributed by atoms with van der Waals surface area (Å²) >= 11 is 0. The third-order valence-electron chi connectivity index (χ3n) is 5.71. The van der Waals surface area contributed by atoms with Crippen LogP contribution in [0.5, 0.6) is 0 Å². The Kier molecular flexibility index (Phi) is 5.44. The molecule has 1 atom stereocenters. The molecular formula is C27H30N2. The zero-order chi connectivity index (χ0) is 20.4. The Labute approximate surface area is 174 Å². The molecule has 2 nitrogen and oxygen atoms in total. The van der Waals surface area contributed by atoms with E-state index >= 15 is 0 Å². The van der Waals surface area contributed by atoms with Crippen LogP contribution in [-0.4, -0.2) is 0 Å². The topological polar surface area (TPSA) is 15.3 Å². The van der Waals surface area contributed by atoms with E-state index in [2.05, 4.69) is 123 Å². The van der Waals surface area contributed by atoms with Gasteiger partial charge in [-0.3, -0.25) is 10.4 Å². The maximum absolute atomic E-state index is 3.66. The zero-order valence-corrected chi connectivity index (χ0v) is 17.8. The molecule has 0 amide bonds. The summed E-state index contributed by atoms with van der Waals surface area (Å²) in [6, 6.07) is 28.7. The smallest absolute Gasteiger partial charge is 0.0958 e. The van der Waals surface area contributed by atoms with Gasteiger partial charge in [-0.15, -0.1) is 0 Å². The molecule has 0 aromatic heterocycles. The van der Waals surface area contributed by atoms with Gasteiger partial charge >= 0.3 is 0 Å². The van der Waals surface area contributed by atoms with Gasteiger partial charge in [0, 0.05) is 0 Å². The zero-order valence-electron chi connectivity index (χ0n) is 17.8. The van der Waals surface area contributed by atoms with E-state index in [-0.39, 0.29) is 6.04 Å². The molecule has 2 heteroatoms. The van der Waals surface area contributed by atoms with Crippen molar-refractivity contribution in [1.82, 2.24) is 5.43 Å². The number of hydrogen-bond acceptors (Lipinski definition) is 2. The van der Waals surface area contributed by atoms with E-state index in [4.69, 9.17) is 0 Å². The number of anilines is 1. The summed E-state index contributed by atoms with van der Waals surface area (Å²) in [7, 11) is 0. The molecule has 0 aliphatic carbocycles. The number of nitrogens with zero attached hydrogens (tertiary/aromatic N) is 1. The van der Waals surface area contributed by atoms with Crippen molar-refractivity contribution in [3.8, 4) is 0 Å². The van der Waals surface area contributed by atoms with Crippen LogP contribution in [0.2, 0.25) is 0 Å². The highest BCUT2D eigenvalue weighted by molar-refractivity contribution is 5.72. The van der Waals surface area contributed by atoms with E-state index in [9.17, 15) is 0 Å². The van der Waals surface area contributed by atoms with Gasteiger partial charge in [0.25, 0.3) is 0 Å². The van der Waals surface area contributed by atoms with E-state index < -0.39 is 0 Å². The second kappa shape index (κ2) is 8.16. The first-order valence-electron chi connectivity index (χ1n) is 10.6. The number of benzene rings is 3. The predicted octanol–water partition coefficient (Wildman–Crippen LogP) is 7.04. The quantitative estimate of drug-likeness (QED) is 0.509. The third-order valence-corrected chi connectivity index (χ3v) is 5.71. The molecular weight excluding hydrogens is 352 g/mol. The molecule has 0 saturated carbocycles. The highest BCUT2D eigenvalue weighted by atomic mass is 15.5. The molecule has 3 aromatic rings. The standard InChI is InChI=1S/C27H30N2/c1-19(2)21-10-12-23(13-11-21)26-18-27(24-8-6-5-7-9-24)29(28-26)25-16-14-22(15-17-25)20(3)4/h5-20,27-28H,1-4H3. The maximum atomic E-state index is 3.66. The Morgan fingerprint density at radius 2 is 1.24 bits per heavy atom. The minimum absolute atomic E-state index is 0.154. The minimum atomic E-state index is 0.154. The Balaban J connectivity index is 1.68. The molecule has 1 unspecified atom stereocenters. The van der Waals surface area contributed by atoms with Gasteiger partial charge in [-0.2, -0.15) is 0 Å². The van der Waals surface area contributed by atoms with Crippen molar-refractivity contribution >= 4 is 11.4 Å². The molecule has 0 spiro atoms. The highest BCUT2D eigenvalue weighted by Crippen LogP contribution is 2.35. The van der Waals surface area contributed by atoms with Crippen LogP contribution in [0, 0.1) is 0 Å². The lowest BCUT2D eigenvalue weighted by molar-refractivity contribution is 0.723. The summed E-state index contributed by atoms with van der Waals surface area (Å²) in [5, 5.41) is 2.27. The monoisotopic (exact) mass is 382 g/mol. The Morgan fingerprint density at radius 3 is 1.79 bits per heavy atom. The molecule has 0 bridgehead atoms. The van der Waals surface area contributed by atoms with E-state index in [1.807, 2.05) is 0 Å². The van der Waals surface area contributed by atoms with E-state index in [0.29, 0.717) is 11.8 Å². The van der Waals surface area contributed by atoms with Gasteiger partial charge in [-0.1, -0.05) is 94.4 Å². The van der Waals surface area contributed by atoms with Gasteiger partial charge in [-0.05, 0) is 52.3 Å². The second-order valence-corrected chi connectivity index (χ2v) is 8.44. The molecule has 1 aliphatic heterocycles. The second-order valence-electron chi connectivity index (χ2n) is 8.44. The van der Waals surface area contributed by atoms with E-state index in [0.717, 1.165) is 5.70 Å². The van der Waals surface area contributed by atoms with E-state index in [1.54, 1.807) is 0 Å². The lowest BCUT2D eigenvalue weighted by atomic mass is 10.00. The predicted molar refractivity (Wildman–Crippen MR) is 124 cm³/mol. The van der Waals surface area contributed by atoms with Crippen molar-refractivity contribution in [2.24, 2.45) is 0 Å². The lowest BCUT2D eigenvalue weighted by Gasteiger charge is -2.28. The number of nitrogens with one attached hydrogen (secondary N) is 1. The Hall–Kier alpha value is -3.00. The third kappa shape index (κ3) is 4.07. The fourth-order valence-electron chi connectivity index (χ4n) is 3.82. The lowest BCUT2D eigenvalue weighted by Crippen LogP contribution is -2.33. The molecule has 1 aliphatic rings. The van der Waals surface area contributed by atoms with Crippen molar-refractivity contribution in [2.75, 3.05) is 5.01 Å². The fourth-order valence-corrected chi connectivity index (χ4v) is 3.82. The summed E-state index contributed by atoms with van der Waals surface area (Å²) in [6.07, 6.45) is 2.33. The van der Waals surface area contributed by atoms with E-state index in [1.165, 1.54) is 27.9 Å². The van der Waals surface area contributed by atoms with Crippen LogP contribution in [0.3, 0.4) is 0 Å². The maximum Gasteiger partial charge on any atom is 0.0958 e. The normalized spacial score (nSPS) is 16.3. The highest BCUT2D eigenvalue weighted by Gasteiger charge is 2.27. The molecule has 4 rings (SSSR count). The molecule has 0 radical (unpaired) electrons. The largest absolute Gasteiger partial charge is 0.297 e. The molecule has 0 saturated heterocycles. The van der Waals surface area contributed by atoms with Crippen LogP contribution in [0.1, 0.15) is 67.8 Å². The van der Waals surface area contributed by atoms with Gasteiger partial charge in [0.1, 0.15) is 0 Å². The Morgan fingerprint density at radius 1 is 0.690 bits per heavy atom. The first-order chi connectivity index (χ1) is 14.0. The van der Waals surface area contributed by atoms with Crippen molar-refractivity contribution in [3.63, 3.8) is 0 Å². The van der Waals surface area contributed by atoms with Crippen molar-refractivity contribution in [3.05, 3.63) is 107 Å². The van der Waals surface area contributed by atoms with Crippen LogP contribution < -0.4 is 10.4 Å². The van der Waals surface area contributed by atoms with Crippen LogP contribution >= 0.6 is 0 Å². The summed E-state index contributed by atoms with van der Waals surface area (Å²) in [5.41, 5.74) is 11.2. The van der Waals surface area contributed by atoms with Gasteiger partial charge in [0.05, 0.1) is 17.4 Å². The Bertz CT molecular complexity index is 967. The summed E-state index contributed by atoms with van der Waals surface area (Å²) < 4.78 is 0. The van der Waals surface area contributed by atoms with Gasteiger partial charge in [-0.25, -0.2) is 0 Å². The molecule has 3 aromatic carbocycles. The van der Waals surface area contributed by atoms with Crippen LogP contribution in [0.4, 0.5) is 5.69 Å². The average Bonchev–Trinajstić information content (AvgIpc) is 3.20. The van der Waals surface area contributed by atoms with Crippen LogP contribution in [0.15, 0.2) is 84.9 Å². The van der Waals surface area contributed by atoms with Gasteiger partial charge < -0.3 is 0 Å². The number of hydrogen-bond donors (Lipinski definition) is 1. The SMILES string of the molecule is CC(C)c1ccc(C2=CC(c3ccccc3)N(c3ccc(C(C)C)cc3)N2)cc1. The summed E-state index contributed by atoms with van der Waals surface area (Å²) in [5.74, 6) is 1.08. The number of rotatable bonds is 5. The average molecular weight is 383 g/mol. The molecule has 0 fully saturated rings.